The van der Waals surface area contributed by atoms with Crippen LogP contribution < -0.4 is 0 Å². The molecule has 1 aromatic heterocycles. The van der Waals surface area contributed by atoms with E-state index in [0.29, 0.717) is 10.6 Å². The summed E-state index contributed by atoms with van der Waals surface area (Å²) < 4.78 is 44.4. The van der Waals surface area contributed by atoms with Crippen LogP contribution in [0.4, 0.5) is 4.39 Å². The molecule has 1 saturated heterocycles. The first-order valence-electron chi connectivity index (χ1n) is 8.40. The van der Waals surface area contributed by atoms with E-state index in [9.17, 15) is 22.4 Å². The first kappa shape index (κ1) is 20.4. The molecule has 0 spiro atoms. The lowest BCUT2D eigenvalue weighted by molar-refractivity contribution is -0.135. The normalized spacial score (nSPS) is 15.4. The molecule has 0 atom stereocenters. The molecular weight excluding hydrogens is 409 g/mol. The average molecular weight is 427 g/mol. The van der Waals surface area contributed by atoms with Crippen LogP contribution >= 0.6 is 11.3 Å². The van der Waals surface area contributed by atoms with Crippen LogP contribution in [0.15, 0.2) is 34.7 Å². The van der Waals surface area contributed by atoms with Gasteiger partial charge in [-0.2, -0.15) is 4.31 Å². The SMILES string of the molecule is Cc1ncsc1C(=O)OCC(=O)N1CCN(S(=O)(=O)c2ccc(F)cc2)CC1. The van der Waals surface area contributed by atoms with Crippen molar-refractivity contribution in [3.63, 3.8) is 0 Å². The third kappa shape index (κ3) is 4.37. The summed E-state index contributed by atoms with van der Waals surface area (Å²) >= 11 is 1.14. The second-order valence-electron chi connectivity index (χ2n) is 6.08. The molecule has 150 valence electrons. The van der Waals surface area contributed by atoms with Gasteiger partial charge in [-0.15, -0.1) is 11.3 Å². The number of ether oxygens (including phenoxy) is 1. The molecule has 0 saturated carbocycles. The van der Waals surface area contributed by atoms with Gasteiger partial charge in [-0.25, -0.2) is 22.6 Å². The molecule has 1 amide bonds. The van der Waals surface area contributed by atoms with Crippen molar-refractivity contribution in [3.8, 4) is 0 Å². The summed E-state index contributed by atoms with van der Waals surface area (Å²) in [6.45, 7) is 1.82. The lowest BCUT2D eigenvalue weighted by Crippen LogP contribution is -2.51. The number of carbonyl (C=O) groups excluding carboxylic acids is 2. The van der Waals surface area contributed by atoms with Crippen molar-refractivity contribution in [2.24, 2.45) is 0 Å². The fraction of sp³-hybridized carbons (Fsp3) is 0.353. The number of halogens is 1. The van der Waals surface area contributed by atoms with Gasteiger partial charge in [0.2, 0.25) is 10.0 Å². The van der Waals surface area contributed by atoms with E-state index in [2.05, 4.69) is 4.98 Å². The number of nitrogens with zero attached hydrogens (tertiary/aromatic N) is 3. The molecule has 2 heterocycles. The Morgan fingerprint density at radius 3 is 2.39 bits per heavy atom. The molecule has 1 aliphatic heterocycles. The predicted molar refractivity (Wildman–Crippen MR) is 98.9 cm³/mol. The Kier molecular flexibility index (Phi) is 6.06. The van der Waals surface area contributed by atoms with Crippen LogP contribution in [0.25, 0.3) is 0 Å². The Morgan fingerprint density at radius 1 is 1.18 bits per heavy atom. The summed E-state index contributed by atoms with van der Waals surface area (Å²) in [4.78, 5) is 29.9. The summed E-state index contributed by atoms with van der Waals surface area (Å²) in [5.41, 5.74) is 2.07. The highest BCUT2D eigenvalue weighted by Crippen LogP contribution is 2.18. The number of rotatable bonds is 5. The zero-order valence-corrected chi connectivity index (χ0v) is 16.6. The molecule has 0 radical (unpaired) electrons. The lowest BCUT2D eigenvalue weighted by Gasteiger charge is -2.33. The highest BCUT2D eigenvalue weighted by molar-refractivity contribution is 7.89. The minimum atomic E-state index is -3.75. The van der Waals surface area contributed by atoms with Gasteiger partial charge in [0, 0.05) is 26.2 Å². The monoisotopic (exact) mass is 427 g/mol. The van der Waals surface area contributed by atoms with Crippen molar-refractivity contribution in [1.29, 1.82) is 0 Å². The fourth-order valence-electron chi connectivity index (χ4n) is 2.72. The Balaban J connectivity index is 1.53. The van der Waals surface area contributed by atoms with Crippen LogP contribution in [0, 0.1) is 12.7 Å². The molecule has 0 bridgehead atoms. The van der Waals surface area contributed by atoms with Crippen molar-refractivity contribution in [2.75, 3.05) is 32.8 Å². The summed E-state index contributed by atoms with van der Waals surface area (Å²) in [5, 5.41) is 0. The summed E-state index contributed by atoms with van der Waals surface area (Å²) in [6.07, 6.45) is 0. The molecule has 1 fully saturated rings. The number of carbonyl (C=O) groups is 2. The Bertz CT molecular complexity index is 967. The number of hydrogen-bond donors (Lipinski definition) is 0. The van der Waals surface area contributed by atoms with Gasteiger partial charge in [0.15, 0.2) is 6.61 Å². The van der Waals surface area contributed by atoms with Crippen molar-refractivity contribution < 1.29 is 27.1 Å². The molecule has 1 aliphatic rings. The van der Waals surface area contributed by atoms with Gasteiger partial charge >= 0.3 is 5.97 Å². The van der Waals surface area contributed by atoms with Crippen LogP contribution in [0.5, 0.6) is 0 Å². The minimum absolute atomic E-state index is 0.00235. The van der Waals surface area contributed by atoms with E-state index in [4.69, 9.17) is 4.74 Å². The topological polar surface area (TPSA) is 96.9 Å². The number of sulfonamides is 1. The number of thiazole rings is 1. The smallest absolute Gasteiger partial charge is 0.350 e. The standard InChI is InChI=1S/C17H18FN3O5S2/c1-12-16(27-11-19-12)17(23)26-10-15(22)20-6-8-21(9-7-20)28(24,25)14-4-2-13(18)3-5-14/h2-5,11H,6-10H2,1H3. The van der Waals surface area contributed by atoms with E-state index in [1.807, 2.05) is 0 Å². The van der Waals surface area contributed by atoms with E-state index in [1.54, 1.807) is 6.92 Å². The van der Waals surface area contributed by atoms with Gasteiger partial charge in [-0.1, -0.05) is 0 Å². The molecule has 0 N–H and O–H groups in total. The number of benzene rings is 1. The maximum Gasteiger partial charge on any atom is 0.350 e. The quantitative estimate of drug-likeness (QED) is 0.667. The van der Waals surface area contributed by atoms with E-state index < -0.39 is 34.3 Å². The zero-order chi connectivity index (χ0) is 20.3. The Hall–Kier alpha value is -2.37. The zero-order valence-electron chi connectivity index (χ0n) is 15.0. The predicted octanol–water partition coefficient (Wildman–Crippen LogP) is 1.28. The lowest BCUT2D eigenvalue weighted by atomic mass is 10.3. The Labute approximate surface area is 165 Å². The molecular formula is C17H18FN3O5S2. The van der Waals surface area contributed by atoms with Crippen molar-refractivity contribution >= 4 is 33.2 Å². The van der Waals surface area contributed by atoms with Gasteiger partial charge in [-0.05, 0) is 31.2 Å². The molecule has 8 nitrogen and oxygen atoms in total. The first-order chi connectivity index (χ1) is 13.3. The largest absolute Gasteiger partial charge is 0.451 e. The Morgan fingerprint density at radius 2 is 1.82 bits per heavy atom. The van der Waals surface area contributed by atoms with Crippen molar-refractivity contribution in [2.45, 2.75) is 11.8 Å². The molecule has 1 aromatic carbocycles. The second-order valence-corrected chi connectivity index (χ2v) is 8.87. The third-order valence-corrected chi connectivity index (χ3v) is 7.12. The van der Waals surface area contributed by atoms with Gasteiger partial charge in [0.25, 0.3) is 5.91 Å². The number of hydrogen-bond acceptors (Lipinski definition) is 7. The summed E-state index contributed by atoms with van der Waals surface area (Å²) in [5.74, 6) is -1.52. The summed E-state index contributed by atoms with van der Waals surface area (Å²) in [7, 11) is -3.75. The van der Waals surface area contributed by atoms with Crippen LogP contribution in [0.2, 0.25) is 0 Å². The number of aryl methyl sites for hydroxylation is 1. The van der Waals surface area contributed by atoms with E-state index in [0.717, 1.165) is 23.5 Å². The molecule has 2 aromatic rings. The van der Waals surface area contributed by atoms with E-state index in [-0.39, 0.29) is 31.1 Å². The minimum Gasteiger partial charge on any atom is -0.451 e. The molecule has 3 rings (SSSR count). The molecule has 0 unspecified atom stereocenters. The number of aromatic nitrogens is 1. The third-order valence-electron chi connectivity index (χ3n) is 4.30. The average Bonchev–Trinajstić information content (AvgIpc) is 3.12. The highest BCUT2D eigenvalue weighted by atomic mass is 32.2. The molecule has 0 aliphatic carbocycles. The molecule has 11 heteroatoms. The highest BCUT2D eigenvalue weighted by Gasteiger charge is 2.30. The first-order valence-corrected chi connectivity index (χ1v) is 10.7. The van der Waals surface area contributed by atoms with Crippen LogP contribution in [-0.4, -0.2) is 67.3 Å². The van der Waals surface area contributed by atoms with Crippen LogP contribution in [0.1, 0.15) is 15.4 Å². The number of esters is 1. The van der Waals surface area contributed by atoms with Crippen molar-refractivity contribution in [1.82, 2.24) is 14.2 Å². The van der Waals surface area contributed by atoms with Gasteiger partial charge in [0.05, 0.1) is 16.1 Å². The van der Waals surface area contributed by atoms with Crippen LogP contribution in [0.3, 0.4) is 0 Å². The van der Waals surface area contributed by atoms with Gasteiger partial charge in [-0.3, -0.25) is 4.79 Å². The van der Waals surface area contributed by atoms with Crippen molar-refractivity contribution in [3.05, 3.63) is 46.2 Å². The van der Waals surface area contributed by atoms with E-state index in [1.165, 1.54) is 26.8 Å². The maximum absolute atomic E-state index is 13.0. The second kappa shape index (κ2) is 8.33. The molecule has 28 heavy (non-hydrogen) atoms. The van der Waals surface area contributed by atoms with E-state index >= 15 is 0 Å². The number of amides is 1. The summed E-state index contributed by atoms with van der Waals surface area (Å²) in [6, 6.07) is 4.60. The maximum atomic E-state index is 13.0. The van der Waals surface area contributed by atoms with Gasteiger partial charge < -0.3 is 9.64 Å². The van der Waals surface area contributed by atoms with Crippen LogP contribution in [-0.2, 0) is 19.6 Å². The van der Waals surface area contributed by atoms with Gasteiger partial charge in [0.1, 0.15) is 10.7 Å². The number of piperazine rings is 1. The fourth-order valence-corrected chi connectivity index (χ4v) is 4.83.